The van der Waals surface area contributed by atoms with E-state index in [9.17, 15) is 4.79 Å². The first-order valence-electron chi connectivity index (χ1n) is 7.18. The number of piperidine rings is 1. The third-order valence-electron chi connectivity index (χ3n) is 4.04. The molecular weight excluding hydrogens is 236 g/mol. The third-order valence-corrected chi connectivity index (χ3v) is 4.04. The molecule has 19 heavy (non-hydrogen) atoms. The molecule has 0 bridgehead atoms. The van der Waals surface area contributed by atoms with Crippen LogP contribution in [0.1, 0.15) is 24.0 Å². The number of hydrogen-bond donors (Lipinski definition) is 1. The van der Waals surface area contributed by atoms with Gasteiger partial charge in [-0.3, -0.25) is 4.79 Å². The van der Waals surface area contributed by atoms with Gasteiger partial charge in [-0.1, -0.05) is 24.3 Å². The molecule has 3 heteroatoms. The van der Waals surface area contributed by atoms with Gasteiger partial charge in [0.25, 0.3) is 0 Å². The van der Waals surface area contributed by atoms with Crippen LogP contribution in [-0.4, -0.2) is 37.5 Å². The zero-order valence-corrected chi connectivity index (χ0v) is 12.0. The van der Waals surface area contributed by atoms with Gasteiger partial charge in [-0.2, -0.15) is 0 Å². The second-order valence-electron chi connectivity index (χ2n) is 5.46. The average molecular weight is 260 g/mol. The molecule has 1 aliphatic rings. The number of carbonyl (C=O) groups excluding carboxylic acids is 1. The summed E-state index contributed by atoms with van der Waals surface area (Å²) in [4.78, 5) is 14.2. The van der Waals surface area contributed by atoms with Gasteiger partial charge in [0.05, 0.1) is 0 Å². The molecule has 1 N–H and O–H groups in total. The largest absolute Gasteiger partial charge is 0.345 e. The monoisotopic (exact) mass is 260 g/mol. The van der Waals surface area contributed by atoms with Gasteiger partial charge in [-0.15, -0.1) is 0 Å². The quantitative estimate of drug-likeness (QED) is 0.898. The van der Waals surface area contributed by atoms with Crippen LogP contribution in [0.15, 0.2) is 24.3 Å². The maximum Gasteiger partial charge on any atom is 0.225 e. The standard InChI is InChI=1S/C16H24N2O/c1-13-5-3-4-6-14(13)9-12-18(2)16(19)15-7-10-17-11-8-15/h3-6,15,17H,7-12H2,1-2H3. The summed E-state index contributed by atoms with van der Waals surface area (Å²) in [6.07, 6.45) is 2.90. The van der Waals surface area contributed by atoms with Gasteiger partial charge in [0.15, 0.2) is 0 Å². The molecule has 1 aromatic carbocycles. The lowest BCUT2D eigenvalue weighted by Crippen LogP contribution is -2.39. The first-order chi connectivity index (χ1) is 9.18. The lowest BCUT2D eigenvalue weighted by Gasteiger charge is -2.27. The second-order valence-corrected chi connectivity index (χ2v) is 5.46. The van der Waals surface area contributed by atoms with Crippen LogP contribution >= 0.6 is 0 Å². The van der Waals surface area contributed by atoms with Gasteiger partial charge < -0.3 is 10.2 Å². The van der Waals surface area contributed by atoms with E-state index in [1.807, 2.05) is 11.9 Å². The van der Waals surface area contributed by atoms with Crippen molar-refractivity contribution in [2.75, 3.05) is 26.7 Å². The van der Waals surface area contributed by atoms with Crippen LogP contribution in [0.2, 0.25) is 0 Å². The lowest BCUT2D eigenvalue weighted by atomic mass is 9.96. The number of rotatable bonds is 4. The highest BCUT2D eigenvalue weighted by Gasteiger charge is 2.23. The van der Waals surface area contributed by atoms with E-state index >= 15 is 0 Å². The fourth-order valence-corrected chi connectivity index (χ4v) is 2.67. The number of likely N-dealkylation sites (N-methyl/N-ethyl adjacent to an activating group) is 1. The van der Waals surface area contributed by atoms with Gasteiger partial charge in [-0.25, -0.2) is 0 Å². The molecule has 1 saturated heterocycles. The molecule has 0 saturated carbocycles. The van der Waals surface area contributed by atoms with Crippen molar-refractivity contribution in [3.63, 3.8) is 0 Å². The summed E-state index contributed by atoms with van der Waals surface area (Å²) in [6, 6.07) is 8.40. The molecule has 1 fully saturated rings. The normalized spacial score (nSPS) is 16.3. The van der Waals surface area contributed by atoms with Crippen molar-refractivity contribution < 1.29 is 4.79 Å². The summed E-state index contributed by atoms with van der Waals surface area (Å²) < 4.78 is 0. The van der Waals surface area contributed by atoms with Gasteiger partial charge >= 0.3 is 0 Å². The Bertz CT molecular complexity index is 425. The van der Waals surface area contributed by atoms with E-state index < -0.39 is 0 Å². The van der Waals surface area contributed by atoms with E-state index in [2.05, 4.69) is 36.5 Å². The van der Waals surface area contributed by atoms with E-state index in [1.165, 1.54) is 11.1 Å². The predicted octanol–water partition coefficient (Wildman–Crippen LogP) is 2.00. The number of nitrogens with zero attached hydrogens (tertiary/aromatic N) is 1. The Labute approximate surface area is 116 Å². The van der Waals surface area contributed by atoms with Crippen molar-refractivity contribution in [1.29, 1.82) is 0 Å². The SMILES string of the molecule is Cc1ccccc1CCN(C)C(=O)C1CCNCC1. The summed E-state index contributed by atoms with van der Waals surface area (Å²) in [5.74, 6) is 0.540. The molecular formula is C16H24N2O. The maximum atomic E-state index is 12.3. The number of aryl methyl sites for hydroxylation is 1. The highest BCUT2D eigenvalue weighted by Crippen LogP contribution is 2.15. The van der Waals surface area contributed by atoms with Crippen LogP contribution in [0, 0.1) is 12.8 Å². The van der Waals surface area contributed by atoms with E-state index in [0.717, 1.165) is 38.9 Å². The molecule has 0 aliphatic carbocycles. The zero-order chi connectivity index (χ0) is 13.7. The van der Waals surface area contributed by atoms with Crippen LogP contribution < -0.4 is 5.32 Å². The van der Waals surface area contributed by atoms with Gasteiger partial charge in [0.1, 0.15) is 0 Å². The number of carbonyl (C=O) groups is 1. The Balaban J connectivity index is 1.85. The number of amides is 1. The number of hydrogen-bond acceptors (Lipinski definition) is 2. The van der Waals surface area contributed by atoms with Crippen molar-refractivity contribution >= 4 is 5.91 Å². The summed E-state index contributed by atoms with van der Waals surface area (Å²) in [6.45, 7) is 4.89. The Morgan fingerprint density at radius 1 is 1.32 bits per heavy atom. The zero-order valence-electron chi connectivity index (χ0n) is 12.0. The maximum absolute atomic E-state index is 12.3. The Morgan fingerprint density at radius 2 is 2.00 bits per heavy atom. The van der Waals surface area contributed by atoms with E-state index in [-0.39, 0.29) is 5.92 Å². The molecule has 1 aromatic rings. The third kappa shape index (κ3) is 3.80. The van der Waals surface area contributed by atoms with Crippen molar-refractivity contribution in [3.8, 4) is 0 Å². The number of benzene rings is 1. The summed E-state index contributed by atoms with van der Waals surface area (Å²) in [5, 5.41) is 3.30. The fourth-order valence-electron chi connectivity index (χ4n) is 2.67. The minimum absolute atomic E-state index is 0.225. The first-order valence-corrected chi connectivity index (χ1v) is 7.18. The minimum Gasteiger partial charge on any atom is -0.345 e. The lowest BCUT2D eigenvalue weighted by molar-refractivity contribution is -0.134. The van der Waals surface area contributed by atoms with Gasteiger partial charge in [-0.05, 0) is 50.4 Å². The molecule has 0 spiro atoms. The average Bonchev–Trinajstić information content (AvgIpc) is 2.46. The van der Waals surface area contributed by atoms with Gasteiger partial charge in [0.2, 0.25) is 5.91 Å². The van der Waals surface area contributed by atoms with Gasteiger partial charge in [0, 0.05) is 19.5 Å². The van der Waals surface area contributed by atoms with Crippen LogP contribution in [0.3, 0.4) is 0 Å². The molecule has 3 nitrogen and oxygen atoms in total. The van der Waals surface area contributed by atoms with E-state index in [4.69, 9.17) is 0 Å². The summed E-state index contributed by atoms with van der Waals surface area (Å²) in [5.41, 5.74) is 2.65. The van der Waals surface area contributed by atoms with E-state index in [1.54, 1.807) is 0 Å². The highest BCUT2D eigenvalue weighted by molar-refractivity contribution is 5.78. The van der Waals surface area contributed by atoms with Crippen molar-refractivity contribution in [2.45, 2.75) is 26.2 Å². The minimum atomic E-state index is 0.225. The van der Waals surface area contributed by atoms with Crippen LogP contribution in [0.4, 0.5) is 0 Å². The van der Waals surface area contributed by atoms with Crippen molar-refractivity contribution in [3.05, 3.63) is 35.4 Å². The second kappa shape index (κ2) is 6.71. The van der Waals surface area contributed by atoms with Crippen LogP contribution in [0.25, 0.3) is 0 Å². The summed E-state index contributed by atoms with van der Waals surface area (Å²) >= 11 is 0. The molecule has 1 amide bonds. The highest BCUT2D eigenvalue weighted by atomic mass is 16.2. The Morgan fingerprint density at radius 3 is 2.68 bits per heavy atom. The molecule has 0 atom stereocenters. The molecule has 2 rings (SSSR count). The predicted molar refractivity (Wildman–Crippen MR) is 78.1 cm³/mol. The molecule has 104 valence electrons. The Hall–Kier alpha value is -1.35. The number of nitrogens with one attached hydrogen (secondary N) is 1. The molecule has 1 heterocycles. The smallest absolute Gasteiger partial charge is 0.225 e. The molecule has 1 aliphatic heterocycles. The molecule has 0 radical (unpaired) electrons. The molecule has 0 unspecified atom stereocenters. The van der Waals surface area contributed by atoms with Crippen LogP contribution in [-0.2, 0) is 11.2 Å². The van der Waals surface area contributed by atoms with E-state index in [0.29, 0.717) is 5.91 Å². The van der Waals surface area contributed by atoms with Crippen LogP contribution in [0.5, 0.6) is 0 Å². The van der Waals surface area contributed by atoms with Crippen molar-refractivity contribution in [2.24, 2.45) is 5.92 Å². The topological polar surface area (TPSA) is 32.3 Å². The molecule has 0 aromatic heterocycles. The van der Waals surface area contributed by atoms with Crippen molar-refractivity contribution in [1.82, 2.24) is 10.2 Å². The first kappa shape index (κ1) is 14.1. The Kier molecular flexibility index (Phi) is 4.97. The summed E-state index contributed by atoms with van der Waals surface area (Å²) in [7, 11) is 1.93. The fraction of sp³-hybridized carbons (Fsp3) is 0.562.